The molecule has 1 amide bonds. The number of carbonyl (C=O) groups excluding carboxylic acids is 1. The summed E-state index contributed by atoms with van der Waals surface area (Å²) in [4.78, 5) is 21.2. The molecule has 1 heterocycles. The number of aliphatic imine (C=N–C) groups is 1. The molecule has 164 valence electrons. The van der Waals surface area contributed by atoms with Gasteiger partial charge in [-0.1, -0.05) is 37.0 Å². The summed E-state index contributed by atoms with van der Waals surface area (Å²) in [5.74, 6) is 1.18. The highest BCUT2D eigenvalue weighted by Gasteiger charge is 2.15. The van der Waals surface area contributed by atoms with E-state index in [-0.39, 0.29) is 36.4 Å². The molecule has 1 fully saturated rings. The molecule has 0 aliphatic heterocycles. The van der Waals surface area contributed by atoms with Crippen LogP contribution in [-0.2, 0) is 11.3 Å². The summed E-state index contributed by atoms with van der Waals surface area (Å²) in [5, 5.41) is 9.35. The maximum Gasteiger partial charge on any atom is 0.239 e. The summed E-state index contributed by atoms with van der Waals surface area (Å²) in [5.41, 5.74) is 2.87. The SMILES string of the molecule is CCNC(=NCc1coc(-c2ccc(C)cc2)n1)NCC(=O)NC1CCCCC1.I. The van der Waals surface area contributed by atoms with Gasteiger partial charge in [0.25, 0.3) is 0 Å². The summed E-state index contributed by atoms with van der Waals surface area (Å²) in [6.07, 6.45) is 7.45. The number of nitrogens with zero attached hydrogens (tertiary/aromatic N) is 2. The predicted octanol–water partition coefficient (Wildman–Crippen LogP) is 3.77. The molecule has 3 rings (SSSR count). The van der Waals surface area contributed by atoms with Crippen LogP contribution >= 0.6 is 24.0 Å². The molecule has 0 saturated heterocycles. The molecule has 1 aromatic carbocycles. The smallest absolute Gasteiger partial charge is 0.239 e. The molecule has 0 unspecified atom stereocenters. The predicted molar refractivity (Wildman–Crippen MR) is 130 cm³/mol. The zero-order chi connectivity index (χ0) is 20.5. The van der Waals surface area contributed by atoms with Crippen LogP contribution in [0.15, 0.2) is 39.9 Å². The van der Waals surface area contributed by atoms with Crippen molar-refractivity contribution in [1.82, 2.24) is 20.9 Å². The summed E-state index contributed by atoms with van der Waals surface area (Å²) in [7, 11) is 0. The second-order valence-corrected chi connectivity index (χ2v) is 7.46. The average molecular weight is 525 g/mol. The number of benzene rings is 1. The number of oxazole rings is 1. The van der Waals surface area contributed by atoms with Crippen LogP contribution in [0.1, 0.15) is 50.3 Å². The topological polar surface area (TPSA) is 91.6 Å². The Morgan fingerprint density at radius 2 is 1.90 bits per heavy atom. The Kier molecular flexibility index (Phi) is 10.1. The van der Waals surface area contributed by atoms with Crippen molar-refractivity contribution in [2.24, 2.45) is 4.99 Å². The second-order valence-electron chi connectivity index (χ2n) is 7.46. The van der Waals surface area contributed by atoms with E-state index in [0.717, 1.165) is 24.1 Å². The minimum Gasteiger partial charge on any atom is -0.444 e. The number of nitrogens with one attached hydrogen (secondary N) is 3. The van der Waals surface area contributed by atoms with Crippen LogP contribution in [-0.4, -0.2) is 36.0 Å². The number of hydrogen-bond acceptors (Lipinski definition) is 4. The van der Waals surface area contributed by atoms with E-state index in [9.17, 15) is 4.79 Å². The third kappa shape index (κ3) is 7.62. The lowest BCUT2D eigenvalue weighted by molar-refractivity contribution is -0.120. The Morgan fingerprint density at radius 1 is 1.17 bits per heavy atom. The standard InChI is InChI=1S/C22H31N5O2.HI/c1-3-23-22(25-14-20(28)26-18-7-5-4-6-8-18)24-13-19-15-29-21(27-19)17-11-9-16(2)10-12-17;/h9-12,15,18H,3-8,13-14H2,1-2H3,(H,26,28)(H2,23,24,25);1H. The molecule has 1 aromatic heterocycles. The second kappa shape index (κ2) is 12.6. The highest BCUT2D eigenvalue weighted by atomic mass is 127. The van der Waals surface area contributed by atoms with Crippen LogP contribution < -0.4 is 16.0 Å². The number of hydrogen-bond donors (Lipinski definition) is 3. The van der Waals surface area contributed by atoms with Crippen molar-refractivity contribution < 1.29 is 9.21 Å². The van der Waals surface area contributed by atoms with Gasteiger partial charge in [0.15, 0.2) is 5.96 Å². The first-order valence-corrected chi connectivity index (χ1v) is 10.5. The van der Waals surface area contributed by atoms with Crippen molar-refractivity contribution in [2.45, 2.75) is 58.5 Å². The fourth-order valence-electron chi connectivity index (χ4n) is 3.40. The van der Waals surface area contributed by atoms with E-state index in [1.54, 1.807) is 6.26 Å². The molecule has 0 spiro atoms. The van der Waals surface area contributed by atoms with E-state index < -0.39 is 0 Å². The van der Waals surface area contributed by atoms with E-state index in [1.165, 1.54) is 24.8 Å². The van der Waals surface area contributed by atoms with Crippen LogP contribution in [0.4, 0.5) is 0 Å². The van der Waals surface area contributed by atoms with E-state index in [2.05, 4.69) is 25.9 Å². The summed E-state index contributed by atoms with van der Waals surface area (Å²) >= 11 is 0. The first-order valence-electron chi connectivity index (χ1n) is 10.5. The van der Waals surface area contributed by atoms with Crippen molar-refractivity contribution in [3.8, 4) is 11.5 Å². The minimum absolute atomic E-state index is 0. The molecule has 3 N–H and O–H groups in total. The summed E-state index contributed by atoms with van der Waals surface area (Å²) in [6.45, 7) is 5.32. The summed E-state index contributed by atoms with van der Waals surface area (Å²) < 4.78 is 5.58. The molecule has 1 aliphatic carbocycles. The zero-order valence-electron chi connectivity index (χ0n) is 17.7. The molecule has 0 atom stereocenters. The van der Waals surface area contributed by atoms with Gasteiger partial charge in [0, 0.05) is 18.2 Å². The van der Waals surface area contributed by atoms with Crippen LogP contribution in [0.25, 0.3) is 11.5 Å². The van der Waals surface area contributed by atoms with Crippen LogP contribution in [0.5, 0.6) is 0 Å². The molecule has 0 radical (unpaired) electrons. The highest BCUT2D eigenvalue weighted by Crippen LogP contribution is 2.19. The molecule has 0 bridgehead atoms. The van der Waals surface area contributed by atoms with E-state index >= 15 is 0 Å². The summed E-state index contributed by atoms with van der Waals surface area (Å²) in [6, 6.07) is 8.36. The van der Waals surface area contributed by atoms with Crippen molar-refractivity contribution in [3.63, 3.8) is 0 Å². The molecule has 2 aromatic rings. The van der Waals surface area contributed by atoms with Gasteiger partial charge < -0.3 is 20.4 Å². The Balaban J connectivity index is 0.00000320. The fraction of sp³-hybridized carbons (Fsp3) is 0.500. The number of amides is 1. The van der Waals surface area contributed by atoms with Gasteiger partial charge in [-0.25, -0.2) is 9.98 Å². The maximum absolute atomic E-state index is 12.2. The van der Waals surface area contributed by atoms with Crippen LogP contribution in [0.3, 0.4) is 0 Å². The average Bonchev–Trinajstić information content (AvgIpc) is 3.20. The van der Waals surface area contributed by atoms with E-state index in [1.807, 2.05) is 38.1 Å². The Labute approximate surface area is 195 Å². The monoisotopic (exact) mass is 525 g/mol. The Bertz CT molecular complexity index is 813. The number of aromatic nitrogens is 1. The largest absolute Gasteiger partial charge is 0.444 e. The molecular formula is C22H32IN5O2. The fourth-order valence-corrected chi connectivity index (χ4v) is 3.40. The van der Waals surface area contributed by atoms with Gasteiger partial charge >= 0.3 is 0 Å². The first kappa shape index (κ1) is 24.2. The highest BCUT2D eigenvalue weighted by molar-refractivity contribution is 14.0. The molecule has 1 saturated carbocycles. The molecule has 1 aliphatic rings. The minimum atomic E-state index is 0. The maximum atomic E-state index is 12.2. The molecule has 8 heteroatoms. The van der Waals surface area contributed by atoms with Crippen LogP contribution in [0, 0.1) is 6.92 Å². The normalized spacial score (nSPS) is 14.7. The molecule has 7 nitrogen and oxygen atoms in total. The van der Waals surface area contributed by atoms with Gasteiger partial charge in [0.2, 0.25) is 11.8 Å². The van der Waals surface area contributed by atoms with Crippen molar-refractivity contribution >= 4 is 35.8 Å². The zero-order valence-corrected chi connectivity index (χ0v) is 20.1. The number of aryl methyl sites for hydroxylation is 1. The lowest BCUT2D eigenvalue weighted by Gasteiger charge is -2.23. The third-order valence-corrected chi connectivity index (χ3v) is 4.98. The van der Waals surface area contributed by atoms with Crippen molar-refractivity contribution in [3.05, 3.63) is 41.8 Å². The van der Waals surface area contributed by atoms with Gasteiger partial charge in [-0.05, 0) is 38.8 Å². The Hall–Kier alpha value is -2.10. The lowest BCUT2D eigenvalue weighted by Crippen LogP contribution is -2.46. The van der Waals surface area contributed by atoms with Gasteiger partial charge in [0.1, 0.15) is 12.0 Å². The van der Waals surface area contributed by atoms with Gasteiger partial charge in [-0.15, -0.1) is 24.0 Å². The Morgan fingerprint density at radius 3 is 2.60 bits per heavy atom. The van der Waals surface area contributed by atoms with Gasteiger partial charge in [-0.2, -0.15) is 0 Å². The number of guanidine groups is 1. The third-order valence-electron chi connectivity index (χ3n) is 4.98. The van der Waals surface area contributed by atoms with E-state index in [4.69, 9.17) is 4.42 Å². The van der Waals surface area contributed by atoms with Crippen molar-refractivity contribution in [2.75, 3.05) is 13.1 Å². The van der Waals surface area contributed by atoms with E-state index in [0.29, 0.717) is 31.0 Å². The van der Waals surface area contributed by atoms with Crippen LogP contribution in [0.2, 0.25) is 0 Å². The van der Waals surface area contributed by atoms with Gasteiger partial charge in [0.05, 0.1) is 13.1 Å². The first-order chi connectivity index (χ1) is 14.1. The van der Waals surface area contributed by atoms with Gasteiger partial charge in [-0.3, -0.25) is 4.79 Å². The number of rotatable bonds is 7. The number of carbonyl (C=O) groups is 1. The molecule has 30 heavy (non-hydrogen) atoms. The lowest BCUT2D eigenvalue weighted by atomic mass is 9.95. The number of halogens is 1. The molecular weight excluding hydrogens is 493 g/mol. The quantitative estimate of drug-likeness (QED) is 0.291. The van der Waals surface area contributed by atoms with Crippen molar-refractivity contribution in [1.29, 1.82) is 0 Å².